The Hall–Kier alpha value is -0.0800. The molecule has 92 valence electrons. The Kier molecular flexibility index (Phi) is 3.21. The molecule has 2 unspecified atom stereocenters. The molecule has 16 heavy (non-hydrogen) atoms. The Morgan fingerprint density at radius 3 is 2.62 bits per heavy atom. The zero-order valence-electron chi connectivity index (χ0n) is 10.6. The Balaban J connectivity index is 1.56. The van der Waals surface area contributed by atoms with Crippen molar-refractivity contribution < 1.29 is 0 Å². The Labute approximate surface area is 99.8 Å². The number of hydrogen-bond donors (Lipinski definition) is 1. The van der Waals surface area contributed by atoms with Gasteiger partial charge >= 0.3 is 0 Å². The van der Waals surface area contributed by atoms with Gasteiger partial charge in [0.15, 0.2) is 0 Å². The van der Waals surface area contributed by atoms with Crippen molar-refractivity contribution in [1.82, 2.24) is 10.2 Å². The van der Waals surface area contributed by atoms with Crippen LogP contribution in [-0.4, -0.2) is 36.6 Å². The van der Waals surface area contributed by atoms with Gasteiger partial charge in [-0.05, 0) is 43.9 Å². The Morgan fingerprint density at radius 2 is 2.00 bits per heavy atom. The standard InChI is InChI=1S/C14H26N2/c1-2-3-13-8-15-14(12-6-7-12)10-16(13)9-11-4-5-11/h11-15H,2-10H2,1H3. The molecule has 2 nitrogen and oxygen atoms in total. The van der Waals surface area contributed by atoms with E-state index in [0.717, 1.165) is 23.9 Å². The number of nitrogens with one attached hydrogen (secondary N) is 1. The van der Waals surface area contributed by atoms with Gasteiger partial charge in [0.05, 0.1) is 0 Å². The highest BCUT2D eigenvalue weighted by Crippen LogP contribution is 2.36. The van der Waals surface area contributed by atoms with Gasteiger partial charge in [-0.25, -0.2) is 0 Å². The Morgan fingerprint density at radius 1 is 1.19 bits per heavy atom. The molecule has 0 amide bonds. The number of rotatable bonds is 5. The van der Waals surface area contributed by atoms with Crippen molar-refractivity contribution >= 4 is 0 Å². The van der Waals surface area contributed by atoms with E-state index in [1.54, 1.807) is 0 Å². The highest BCUT2D eigenvalue weighted by Gasteiger charge is 2.38. The fraction of sp³-hybridized carbons (Fsp3) is 1.00. The highest BCUT2D eigenvalue weighted by molar-refractivity contribution is 4.95. The highest BCUT2D eigenvalue weighted by atomic mass is 15.2. The predicted octanol–water partition coefficient (Wildman–Crippen LogP) is 2.25. The van der Waals surface area contributed by atoms with Gasteiger partial charge in [-0.1, -0.05) is 13.3 Å². The second kappa shape index (κ2) is 4.66. The lowest BCUT2D eigenvalue weighted by molar-refractivity contribution is 0.110. The molecule has 3 rings (SSSR count). The molecule has 3 fully saturated rings. The first-order valence-corrected chi connectivity index (χ1v) is 7.34. The van der Waals surface area contributed by atoms with Crippen LogP contribution in [0.1, 0.15) is 45.4 Å². The predicted molar refractivity (Wildman–Crippen MR) is 67.5 cm³/mol. The molecule has 2 aliphatic carbocycles. The van der Waals surface area contributed by atoms with E-state index in [1.165, 1.54) is 58.2 Å². The van der Waals surface area contributed by atoms with Crippen LogP contribution < -0.4 is 5.32 Å². The third-order valence-corrected chi connectivity index (χ3v) is 4.57. The molecule has 3 aliphatic rings. The molecule has 0 aromatic rings. The average Bonchev–Trinajstić information content (AvgIpc) is 3.15. The van der Waals surface area contributed by atoms with Gasteiger partial charge in [0.25, 0.3) is 0 Å². The molecule has 0 radical (unpaired) electrons. The molecule has 0 aromatic heterocycles. The maximum atomic E-state index is 3.80. The molecular weight excluding hydrogens is 196 g/mol. The lowest BCUT2D eigenvalue weighted by Crippen LogP contribution is -2.57. The molecule has 1 aliphatic heterocycles. The topological polar surface area (TPSA) is 15.3 Å². The fourth-order valence-electron chi connectivity index (χ4n) is 3.17. The fourth-order valence-corrected chi connectivity index (χ4v) is 3.17. The third kappa shape index (κ3) is 2.60. The third-order valence-electron chi connectivity index (χ3n) is 4.57. The van der Waals surface area contributed by atoms with Crippen LogP contribution in [0.3, 0.4) is 0 Å². The van der Waals surface area contributed by atoms with Gasteiger partial charge in [0.2, 0.25) is 0 Å². The molecule has 2 atom stereocenters. The largest absolute Gasteiger partial charge is 0.311 e. The first-order valence-electron chi connectivity index (χ1n) is 7.34. The van der Waals surface area contributed by atoms with E-state index in [-0.39, 0.29) is 0 Å². The summed E-state index contributed by atoms with van der Waals surface area (Å²) < 4.78 is 0. The molecule has 0 bridgehead atoms. The van der Waals surface area contributed by atoms with Gasteiger partial charge in [-0.15, -0.1) is 0 Å². The summed E-state index contributed by atoms with van der Waals surface area (Å²) in [6, 6.07) is 1.66. The maximum Gasteiger partial charge on any atom is 0.0224 e. The summed E-state index contributed by atoms with van der Waals surface area (Å²) in [5.41, 5.74) is 0. The molecule has 2 heteroatoms. The minimum Gasteiger partial charge on any atom is -0.311 e. The monoisotopic (exact) mass is 222 g/mol. The summed E-state index contributed by atoms with van der Waals surface area (Å²) in [7, 11) is 0. The van der Waals surface area contributed by atoms with E-state index in [0.29, 0.717) is 0 Å². The minimum absolute atomic E-state index is 0.826. The molecule has 0 aromatic carbocycles. The van der Waals surface area contributed by atoms with Crippen LogP contribution in [0.4, 0.5) is 0 Å². The van der Waals surface area contributed by atoms with Crippen molar-refractivity contribution in [2.75, 3.05) is 19.6 Å². The summed E-state index contributed by atoms with van der Waals surface area (Å²) >= 11 is 0. The number of hydrogen-bond acceptors (Lipinski definition) is 2. The van der Waals surface area contributed by atoms with E-state index < -0.39 is 0 Å². The summed E-state index contributed by atoms with van der Waals surface area (Å²) in [5, 5.41) is 3.80. The van der Waals surface area contributed by atoms with Crippen LogP contribution in [0.5, 0.6) is 0 Å². The summed E-state index contributed by atoms with van der Waals surface area (Å²) in [6.07, 6.45) is 8.67. The van der Waals surface area contributed by atoms with Crippen LogP contribution >= 0.6 is 0 Å². The van der Waals surface area contributed by atoms with Crippen molar-refractivity contribution in [2.24, 2.45) is 11.8 Å². The maximum absolute atomic E-state index is 3.80. The van der Waals surface area contributed by atoms with Gasteiger partial charge in [-0.2, -0.15) is 0 Å². The van der Waals surface area contributed by atoms with Crippen molar-refractivity contribution in [1.29, 1.82) is 0 Å². The number of nitrogens with zero attached hydrogens (tertiary/aromatic N) is 1. The van der Waals surface area contributed by atoms with Crippen LogP contribution in [0, 0.1) is 11.8 Å². The molecule has 1 N–H and O–H groups in total. The van der Waals surface area contributed by atoms with E-state index in [9.17, 15) is 0 Å². The van der Waals surface area contributed by atoms with Gasteiger partial charge in [0.1, 0.15) is 0 Å². The lowest BCUT2D eigenvalue weighted by atomic mass is 10.0. The van der Waals surface area contributed by atoms with Crippen LogP contribution in [0.25, 0.3) is 0 Å². The molecule has 1 heterocycles. The van der Waals surface area contributed by atoms with Crippen molar-refractivity contribution in [2.45, 2.75) is 57.5 Å². The molecule has 2 saturated carbocycles. The number of piperazine rings is 1. The quantitative estimate of drug-likeness (QED) is 0.767. The normalized spacial score (nSPS) is 36.6. The second-order valence-corrected chi connectivity index (χ2v) is 6.19. The van der Waals surface area contributed by atoms with Gasteiger partial charge in [0, 0.05) is 31.7 Å². The zero-order chi connectivity index (χ0) is 11.0. The summed E-state index contributed by atoms with van der Waals surface area (Å²) in [5.74, 6) is 2.07. The zero-order valence-corrected chi connectivity index (χ0v) is 10.6. The van der Waals surface area contributed by atoms with Crippen molar-refractivity contribution in [3.63, 3.8) is 0 Å². The van der Waals surface area contributed by atoms with E-state index in [2.05, 4.69) is 17.1 Å². The smallest absolute Gasteiger partial charge is 0.0224 e. The first kappa shape index (κ1) is 11.0. The lowest BCUT2D eigenvalue weighted by Gasteiger charge is -2.41. The SMILES string of the molecule is CCCC1CNC(C2CC2)CN1CC1CC1. The average molecular weight is 222 g/mol. The van der Waals surface area contributed by atoms with Crippen LogP contribution in [0.2, 0.25) is 0 Å². The second-order valence-electron chi connectivity index (χ2n) is 6.19. The summed E-state index contributed by atoms with van der Waals surface area (Å²) in [4.78, 5) is 2.82. The van der Waals surface area contributed by atoms with E-state index in [1.807, 2.05) is 0 Å². The molecule has 0 spiro atoms. The van der Waals surface area contributed by atoms with Gasteiger partial charge in [-0.3, -0.25) is 4.90 Å². The first-order chi connectivity index (χ1) is 7.86. The van der Waals surface area contributed by atoms with Crippen LogP contribution in [0.15, 0.2) is 0 Å². The summed E-state index contributed by atoms with van der Waals surface area (Å²) in [6.45, 7) is 6.31. The van der Waals surface area contributed by atoms with E-state index in [4.69, 9.17) is 0 Å². The van der Waals surface area contributed by atoms with Crippen molar-refractivity contribution in [3.8, 4) is 0 Å². The molecule has 1 saturated heterocycles. The van der Waals surface area contributed by atoms with Gasteiger partial charge < -0.3 is 5.32 Å². The molecular formula is C14H26N2. The van der Waals surface area contributed by atoms with Crippen LogP contribution in [-0.2, 0) is 0 Å². The van der Waals surface area contributed by atoms with E-state index >= 15 is 0 Å². The van der Waals surface area contributed by atoms with Crippen molar-refractivity contribution in [3.05, 3.63) is 0 Å². The minimum atomic E-state index is 0.826. The Bertz CT molecular complexity index is 233.